The van der Waals surface area contributed by atoms with Crippen LogP contribution in [0.4, 0.5) is 0 Å². The molecule has 1 aliphatic heterocycles. The van der Waals surface area contributed by atoms with Crippen molar-refractivity contribution < 1.29 is 23.8 Å². The number of amides is 1. The van der Waals surface area contributed by atoms with Crippen LogP contribution in [0.15, 0.2) is 23.1 Å². The lowest BCUT2D eigenvalue weighted by molar-refractivity contribution is -0.144. The smallest absolute Gasteiger partial charge is 0.305 e. The highest BCUT2D eigenvalue weighted by Gasteiger charge is 2.31. The molecule has 1 amide bonds. The molecule has 0 atom stereocenters. The minimum atomic E-state index is -0.243. The molecule has 0 spiro atoms. The second-order valence-corrected chi connectivity index (χ2v) is 9.15. The number of nitrogens with zero attached hydrogens (tertiary/aromatic N) is 1. The van der Waals surface area contributed by atoms with Crippen LogP contribution in [0.25, 0.3) is 6.08 Å². The van der Waals surface area contributed by atoms with E-state index in [0.717, 1.165) is 24.8 Å². The van der Waals surface area contributed by atoms with E-state index in [0.29, 0.717) is 46.9 Å². The normalized spacial score (nSPS) is 14.8. The molecule has 8 heteroatoms. The molecule has 1 aromatic carbocycles. The summed E-state index contributed by atoms with van der Waals surface area (Å²) in [5, 5.41) is 0. The fraction of sp³-hybridized carbons (Fsp3) is 0.542. The average molecular weight is 480 g/mol. The zero-order chi connectivity index (χ0) is 23.3. The van der Waals surface area contributed by atoms with Gasteiger partial charge in [0.15, 0.2) is 11.5 Å². The molecule has 1 aliphatic rings. The van der Waals surface area contributed by atoms with Gasteiger partial charge >= 0.3 is 5.97 Å². The highest BCUT2D eigenvalue weighted by Crippen LogP contribution is 2.35. The minimum absolute atomic E-state index is 0.142. The van der Waals surface area contributed by atoms with Gasteiger partial charge in [-0.25, -0.2) is 0 Å². The van der Waals surface area contributed by atoms with Crippen molar-refractivity contribution in [2.45, 2.75) is 58.8 Å². The molecule has 1 heterocycles. The Morgan fingerprint density at radius 2 is 1.91 bits per heavy atom. The van der Waals surface area contributed by atoms with Gasteiger partial charge in [-0.05, 0) is 43.0 Å². The molecule has 6 nitrogen and oxygen atoms in total. The van der Waals surface area contributed by atoms with Crippen molar-refractivity contribution in [1.29, 1.82) is 0 Å². The van der Waals surface area contributed by atoms with Crippen LogP contribution >= 0.6 is 24.0 Å². The van der Waals surface area contributed by atoms with Crippen LogP contribution < -0.4 is 9.47 Å². The van der Waals surface area contributed by atoms with Gasteiger partial charge in [-0.3, -0.25) is 14.5 Å². The molecule has 32 heavy (non-hydrogen) atoms. The predicted molar refractivity (Wildman–Crippen MR) is 133 cm³/mol. The standard InChI is InChI=1S/C24H33NO5S2/c1-4-6-7-8-15-29-19-12-11-18(16-20(19)28-3)17-21-23(27)25(24(31)32-21)13-9-10-22(26)30-14-5-2/h11-12,16-17H,4-10,13-15H2,1-3H3/b21-17-. The molecule has 0 unspecified atom stereocenters. The Bertz CT molecular complexity index is 825. The number of methoxy groups -OCH3 is 1. The number of hydrogen-bond acceptors (Lipinski definition) is 7. The predicted octanol–water partition coefficient (Wildman–Crippen LogP) is 5.59. The quantitative estimate of drug-likeness (QED) is 0.149. The molecule has 0 aromatic heterocycles. The maximum atomic E-state index is 12.8. The molecular weight excluding hydrogens is 446 g/mol. The summed E-state index contributed by atoms with van der Waals surface area (Å²) in [5.74, 6) is 0.948. The van der Waals surface area contributed by atoms with Gasteiger partial charge in [-0.15, -0.1) is 0 Å². The number of carbonyl (C=O) groups is 2. The van der Waals surface area contributed by atoms with Gasteiger partial charge in [-0.2, -0.15) is 0 Å². The Kier molecular flexibility index (Phi) is 11.6. The summed E-state index contributed by atoms with van der Waals surface area (Å²) in [6.07, 6.45) is 7.95. The number of esters is 1. The van der Waals surface area contributed by atoms with Crippen molar-refractivity contribution in [2.75, 3.05) is 26.9 Å². The van der Waals surface area contributed by atoms with E-state index < -0.39 is 0 Å². The van der Waals surface area contributed by atoms with E-state index in [1.807, 2.05) is 31.2 Å². The van der Waals surface area contributed by atoms with E-state index in [9.17, 15) is 9.59 Å². The summed E-state index contributed by atoms with van der Waals surface area (Å²) < 4.78 is 16.9. The maximum Gasteiger partial charge on any atom is 0.305 e. The first-order valence-electron chi connectivity index (χ1n) is 11.2. The summed E-state index contributed by atoms with van der Waals surface area (Å²) in [4.78, 5) is 26.5. The first kappa shape index (κ1) is 26.2. The molecule has 1 fully saturated rings. The first-order valence-corrected chi connectivity index (χ1v) is 12.4. The molecule has 1 aromatic rings. The number of benzene rings is 1. The number of carbonyl (C=O) groups excluding carboxylic acids is 2. The molecule has 0 bridgehead atoms. The van der Waals surface area contributed by atoms with Crippen LogP contribution in [-0.2, 0) is 14.3 Å². The van der Waals surface area contributed by atoms with E-state index in [1.54, 1.807) is 12.0 Å². The van der Waals surface area contributed by atoms with E-state index in [-0.39, 0.29) is 18.3 Å². The molecule has 176 valence electrons. The Labute approximate surface area is 200 Å². The third-order valence-electron chi connectivity index (χ3n) is 4.84. The highest BCUT2D eigenvalue weighted by molar-refractivity contribution is 8.26. The van der Waals surface area contributed by atoms with Gasteiger partial charge < -0.3 is 14.2 Å². The molecule has 1 saturated heterocycles. The molecular formula is C24H33NO5S2. The fourth-order valence-electron chi connectivity index (χ4n) is 3.12. The lowest BCUT2D eigenvalue weighted by Gasteiger charge is -2.14. The van der Waals surface area contributed by atoms with Gasteiger partial charge in [0, 0.05) is 13.0 Å². The lowest BCUT2D eigenvalue weighted by atomic mass is 10.1. The second kappa shape index (κ2) is 14.2. The van der Waals surface area contributed by atoms with E-state index in [2.05, 4.69) is 6.92 Å². The van der Waals surface area contributed by atoms with Crippen LogP contribution in [0.5, 0.6) is 11.5 Å². The third kappa shape index (κ3) is 8.13. The van der Waals surface area contributed by atoms with E-state index in [1.165, 1.54) is 24.6 Å². The van der Waals surface area contributed by atoms with E-state index >= 15 is 0 Å². The summed E-state index contributed by atoms with van der Waals surface area (Å²) in [6.45, 7) is 5.61. The van der Waals surface area contributed by atoms with Gasteiger partial charge in [0.25, 0.3) is 5.91 Å². The van der Waals surface area contributed by atoms with Crippen molar-refractivity contribution in [3.63, 3.8) is 0 Å². The molecule has 0 aliphatic carbocycles. The third-order valence-corrected chi connectivity index (χ3v) is 6.22. The topological polar surface area (TPSA) is 65.1 Å². The molecule has 0 N–H and O–H groups in total. The second-order valence-electron chi connectivity index (χ2n) is 7.48. The summed E-state index contributed by atoms with van der Waals surface area (Å²) >= 11 is 6.64. The zero-order valence-electron chi connectivity index (χ0n) is 19.2. The Morgan fingerprint density at radius 3 is 2.62 bits per heavy atom. The SMILES string of the molecule is CCCCCCOc1ccc(/C=C2\SC(=S)N(CCCC(=O)OCCC)C2=O)cc1OC. The largest absolute Gasteiger partial charge is 0.493 e. The van der Waals surface area contributed by atoms with Crippen molar-refractivity contribution >= 4 is 46.3 Å². The summed E-state index contributed by atoms with van der Waals surface area (Å²) in [5.41, 5.74) is 0.837. The number of hydrogen-bond donors (Lipinski definition) is 0. The highest BCUT2D eigenvalue weighted by atomic mass is 32.2. The minimum Gasteiger partial charge on any atom is -0.493 e. The van der Waals surface area contributed by atoms with Crippen molar-refractivity contribution in [3.8, 4) is 11.5 Å². The summed E-state index contributed by atoms with van der Waals surface area (Å²) in [7, 11) is 1.61. The maximum absolute atomic E-state index is 12.8. The van der Waals surface area contributed by atoms with Gasteiger partial charge in [0.1, 0.15) is 4.32 Å². The number of rotatable bonds is 14. The summed E-state index contributed by atoms with van der Waals surface area (Å²) in [6, 6.07) is 5.63. The number of thiocarbonyl (C=S) groups is 1. The molecule has 0 radical (unpaired) electrons. The van der Waals surface area contributed by atoms with Crippen LogP contribution in [0.1, 0.15) is 64.4 Å². The van der Waals surface area contributed by atoms with Crippen LogP contribution in [-0.4, -0.2) is 48.0 Å². The number of ether oxygens (including phenoxy) is 3. The Hall–Kier alpha value is -2.06. The molecule has 0 saturated carbocycles. The molecule has 2 rings (SSSR count). The van der Waals surface area contributed by atoms with Gasteiger partial charge in [0.05, 0.1) is 25.2 Å². The Morgan fingerprint density at radius 1 is 1.09 bits per heavy atom. The van der Waals surface area contributed by atoms with Crippen LogP contribution in [0, 0.1) is 0 Å². The zero-order valence-corrected chi connectivity index (χ0v) is 20.8. The van der Waals surface area contributed by atoms with Gasteiger partial charge in [0.2, 0.25) is 0 Å². The fourth-order valence-corrected chi connectivity index (χ4v) is 4.43. The van der Waals surface area contributed by atoms with Crippen molar-refractivity contribution in [3.05, 3.63) is 28.7 Å². The van der Waals surface area contributed by atoms with Crippen molar-refractivity contribution in [1.82, 2.24) is 4.90 Å². The van der Waals surface area contributed by atoms with E-state index in [4.69, 9.17) is 26.4 Å². The monoisotopic (exact) mass is 479 g/mol. The average Bonchev–Trinajstić information content (AvgIpc) is 3.05. The Balaban J connectivity index is 1.95. The van der Waals surface area contributed by atoms with Crippen LogP contribution in [0.2, 0.25) is 0 Å². The number of thioether (sulfide) groups is 1. The van der Waals surface area contributed by atoms with Crippen LogP contribution in [0.3, 0.4) is 0 Å². The van der Waals surface area contributed by atoms with Crippen molar-refractivity contribution in [2.24, 2.45) is 0 Å². The number of unbranched alkanes of at least 4 members (excludes halogenated alkanes) is 3. The first-order chi connectivity index (χ1) is 15.5. The lowest BCUT2D eigenvalue weighted by Crippen LogP contribution is -2.29. The van der Waals surface area contributed by atoms with Gasteiger partial charge in [-0.1, -0.05) is 63.2 Å².